The quantitative estimate of drug-likeness (QED) is 0.104. The van der Waals surface area contributed by atoms with Crippen LogP contribution in [0.15, 0.2) is 149 Å². The fraction of sp³-hybridized carbons (Fsp3) is 0.222. The van der Waals surface area contributed by atoms with Gasteiger partial charge in [0, 0.05) is 23.6 Å². The largest absolute Gasteiger partial charge is 0.335 e. The lowest BCUT2D eigenvalue weighted by atomic mass is 9.14. The first-order valence-corrected chi connectivity index (χ1v) is 19.8. The molecular weight excluding hydrogens is 643 g/mol. The molecule has 6 aromatic rings. The maximum Gasteiger partial charge on any atom is 0.262 e. The minimum atomic E-state index is -0.913. The van der Waals surface area contributed by atoms with Gasteiger partial charge >= 0.3 is 0 Å². The van der Waals surface area contributed by atoms with Crippen LogP contribution in [0.4, 0.5) is 5.69 Å². The molecule has 0 fully saturated rings. The van der Waals surface area contributed by atoms with Crippen molar-refractivity contribution in [2.45, 2.75) is 65.2 Å². The molecule has 2 heterocycles. The summed E-state index contributed by atoms with van der Waals surface area (Å²) >= 11 is 3.72. The van der Waals surface area contributed by atoms with Gasteiger partial charge in [0.05, 0.1) is 16.9 Å². The molecule has 1 aromatic heterocycles. The molecule has 0 unspecified atom stereocenters. The number of nitrogens with zero attached hydrogens (tertiary/aromatic N) is 2. The van der Waals surface area contributed by atoms with Crippen molar-refractivity contribution >= 4 is 67.6 Å². The number of thiazole rings is 1. The summed E-state index contributed by atoms with van der Waals surface area (Å²) in [6.07, 6.45) is 9.43. The number of fused-ring (bicyclic) bond motifs is 2. The van der Waals surface area contributed by atoms with Gasteiger partial charge in [-0.3, -0.25) is 0 Å². The lowest BCUT2D eigenvalue weighted by molar-refractivity contribution is -0.665. The molecule has 0 saturated heterocycles. The van der Waals surface area contributed by atoms with Crippen molar-refractivity contribution in [3.8, 4) is 0 Å². The number of hydrogen-bond acceptors (Lipinski definition) is 3. The molecule has 5 aromatic carbocycles. The van der Waals surface area contributed by atoms with Crippen molar-refractivity contribution in [3.63, 3.8) is 0 Å². The third-order valence-electron chi connectivity index (χ3n) is 9.98. The van der Waals surface area contributed by atoms with Gasteiger partial charge in [0.2, 0.25) is 5.52 Å². The summed E-state index contributed by atoms with van der Waals surface area (Å²) in [6.45, 7) is 13.0. The molecule has 0 bridgehead atoms. The Morgan fingerprint density at radius 1 is 0.700 bits per heavy atom. The van der Waals surface area contributed by atoms with Crippen molar-refractivity contribution in [1.82, 2.24) is 0 Å². The number of benzene rings is 5. The number of thioether (sulfide) groups is 1. The van der Waals surface area contributed by atoms with Crippen molar-refractivity contribution in [3.05, 3.63) is 161 Å². The molecule has 254 valence electrons. The minimum Gasteiger partial charge on any atom is -0.335 e. The van der Waals surface area contributed by atoms with E-state index in [1.165, 1.54) is 77.5 Å². The Labute approximate surface area is 308 Å². The number of anilines is 1. The zero-order valence-corrected chi connectivity index (χ0v) is 31.8. The topological polar surface area (TPSA) is 7.12 Å². The van der Waals surface area contributed by atoms with E-state index in [-0.39, 0.29) is 0 Å². The summed E-state index contributed by atoms with van der Waals surface area (Å²) in [5.41, 5.74) is 9.63. The molecule has 0 radical (unpaired) electrons. The average molecular weight is 693 g/mol. The van der Waals surface area contributed by atoms with Gasteiger partial charge in [-0.25, -0.2) is 0 Å². The first-order chi connectivity index (χ1) is 24.5. The number of allylic oxidation sites excluding steroid dienone is 2. The van der Waals surface area contributed by atoms with Gasteiger partial charge in [-0.2, -0.15) is 27.3 Å². The Balaban J connectivity index is 0.000000175. The molecule has 5 heteroatoms. The first-order valence-electron chi connectivity index (χ1n) is 18.2. The molecule has 1 aliphatic rings. The molecule has 0 atom stereocenters. The lowest BCUT2D eigenvalue weighted by Crippen LogP contribution is -2.66. The molecule has 0 aliphatic carbocycles. The van der Waals surface area contributed by atoms with Gasteiger partial charge in [0.25, 0.3) is 5.01 Å². The fourth-order valence-electron chi connectivity index (χ4n) is 7.47. The summed E-state index contributed by atoms with van der Waals surface area (Å²) in [4.78, 5) is 3.75. The predicted octanol–water partition coefficient (Wildman–Crippen LogP) is 10.3. The summed E-state index contributed by atoms with van der Waals surface area (Å²) in [6, 6.07) is 46.6. The van der Waals surface area contributed by atoms with Gasteiger partial charge in [-0.05, 0) is 63.1 Å². The summed E-state index contributed by atoms with van der Waals surface area (Å²) in [7, 11) is 0. The molecular formula is C45H49BN2S2. The molecule has 50 heavy (non-hydrogen) atoms. The molecule has 0 N–H and O–H groups in total. The van der Waals surface area contributed by atoms with Crippen LogP contribution in [0.3, 0.4) is 0 Å². The molecule has 0 saturated carbocycles. The van der Waals surface area contributed by atoms with E-state index in [9.17, 15) is 0 Å². The Hall–Kier alpha value is -4.32. The van der Waals surface area contributed by atoms with Crippen LogP contribution in [0.1, 0.15) is 49.7 Å². The molecule has 2 nitrogen and oxygen atoms in total. The van der Waals surface area contributed by atoms with Crippen LogP contribution in [-0.4, -0.2) is 12.7 Å². The van der Waals surface area contributed by atoms with Gasteiger partial charge in [0.15, 0.2) is 0 Å². The number of unbranched alkanes of at least 4 members (excludes halogenated alkanes) is 1. The maximum absolute atomic E-state index is 2.40. The Morgan fingerprint density at radius 2 is 1.28 bits per heavy atom. The highest BCUT2D eigenvalue weighted by Gasteiger charge is 2.29. The minimum absolute atomic E-state index is 0.913. The predicted molar refractivity (Wildman–Crippen MR) is 223 cm³/mol. The zero-order chi connectivity index (χ0) is 34.9. The Bertz CT molecular complexity index is 1970. The fourth-order valence-corrected chi connectivity index (χ4v) is 9.71. The van der Waals surface area contributed by atoms with E-state index in [0.29, 0.717) is 0 Å². The number of rotatable bonds is 10. The Kier molecular flexibility index (Phi) is 11.8. The van der Waals surface area contributed by atoms with Crippen LogP contribution in [-0.2, 0) is 6.54 Å². The average Bonchev–Trinajstić information content (AvgIpc) is 3.69. The van der Waals surface area contributed by atoms with Gasteiger partial charge in [-0.1, -0.05) is 152 Å². The van der Waals surface area contributed by atoms with E-state index in [0.717, 1.165) is 13.1 Å². The van der Waals surface area contributed by atoms with Crippen molar-refractivity contribution in [2.75, 3.05) is 11.4 Å². The highest BCUT2D eigenvalue weighted by molar-refractivity contribution is 8.03. The van der Waals surface area contributed by atoms with E-state index in [4.69, 9.17) is 0 Å². The number of aromatic nitrogens is 1. The van der Waals surface area contributed by atoms with E-state index in [1.54, 1.807) is 0 Å². The molecule has 0 amide bonds. The highest BCUT2D eigenvalue weighted by Crippen LogP contribution is 2.46. The first kappa shape index (κ1) is 35.5. The van der Waals surface area contributed by atoms with E-state index < -0.39 is 6.15 Å². The third-order valence-corrected chi connectivity index (χ3v) is 12.2. The number of hydrogen-bond donors (Lipinski definition) is 0. The van der Waals surface area contributed by atoms with E-state index in [2.05, 4.69) is 190 Å². The van der Waals surface area contributed by atoms with Crippen LogP contribution >= 0.6 is 23.1 Å². The molecule has 7 rings (SSSR count). The van der Waals surface area contributed by atoms with Gasteiger partial charge in [-0.15, -0.1) is 0 Å². The van der Waals surface area contributed by atoms with E-state index >= 15 is 0 Å². The van der Waals surface area contributed by atoms with Crippen LogP contribution in [0.25, 0.3) is 16.3 Å². The lowest BCUT2D eigenvalue weighted by Gasteiger charge is -2.43. The summed E-state index contributed by atoms with van der Waals surface area (Å²) < 4.78 is 3.75. The SMILES string of the molecule is CCCC[B-](c1ccccc1)(c1ccccc1)c1ccccc1.CCN1/C(=C/C=C/c2sc3ccc(C)cc3[n+]2CC)Sc2ccc(C)cc21. The highest BCUT2D eigenvalue weighted by atomic mass is 32.2. The number of aryl methyl sites for hydroxylation is 3. The standard InChI is InChI=1S/C23H25N2S2.C22H24B/c1-5-24-18-14-16(3)10-12-20(18)26-22(24)8-7-9-23-25(6-2)19-15-17(4)11-13-21(19)27-23;1-2-3-19-23(20-13-7-4-8-14-20,21-15-9-5-10-16-21)22-17-11-6-12-18-22/h7-15H,5-6H2,1-4H3;4-18H,2-3,19H2,1H3/q+1;-1. The van der Waals surface area contributed by atoms with Crippen molar-refractivity contribution in [2.24, 2.45) is 0 Å². The van der Waals surface area contributed by atoms with Crippen molar-refractivity contribution in [1.29, 1.82) is 0 Å². The zero-order valence-electron chi connectivity index (χ0n) is 30.2. The third kappa shape index (κ3) is 7.55. The smallest absolute Gasteiger partial charge is 0.262 e. The normalized spacial score (nSPS) is 13.5. The van der Waals surface area contributed by atoms with Gasteiger partial charge in [0.1, 0.15) is 11.2 Å². The van der Waals surface area contributed by atoms with Crippen LogP contribution in [0.2, 0.25) is 6.32 Å². The molecule has 1 aliphatic heterocycles. The second kappa shape index (κ2) is 16.6. The van der Waals surface area contributed by atoms with Crippen LogP contribution in [0.5, 0.6) is 0 Å². The monoisotopic (exact) mass is 692 g/mol. The van der Waals surface area contributed by atoms with Gasteiger partial charge < -0.3 is 4.90 Å². The molecule has 0 spiro atoms. The van der Waals surface area contributed by atoms with Crippen molar-refractivity contribution < 1.29 is 4.57 Å². The summed E-state index contributed by atoms with van der Waals surface area (Å²) in [5, 5.41) is 2.60. The maximum atomic E-state index is 2.40. The van der Waals surface area contributed by atoms with E-state index in [1.807, 2.05) is 23.1 Å². The second-order valence-corrected chi connectivity index (χ2v) is 15.4. The Morgan fingerprint density at radius 3 is 1.84 bits per heavy atom. The summed E-state index contributed by atoms with van der Waals surface area (Å²) in [5.74, 6) is 0. The van der Waals surface area contributed by atoms with Crippen LogP contribution in [0, 0.1) is 13.8 Å². The van der Waals surface area contributed by atoms with Crippen LogP contribution < -0.4 is 25.9 Å². The second-order valence-electron chi connectivity index (χ2n) is 13.3.